The van der Waals surface area contributed by atoms with Crippen LogP contribution in [0.25, 0.3) is 0 Å². The van der Waals surface area contributed by atoms with E-state index in [0.717, 1.165) is 32.2 Å². The molecule has 1 N–H and O–H groups in total. The summed E-state index contributed by atoms with van der Waals surface area (Å²) in [5.41, 5.74) is 0. The summed E-state index contributed by atoms with van der Waals surface area (Å²) in [5, 5.41) is 2.97. The second-order valence-corrected chi connectivity index (χ2v) is 6.16. The lowest BCUT2D eigenvalue weighted by molar-refractivity contribution is 0.0746. The average molecular weight is 298 g/mol. The molecule has 0 radical (unpaired) electrons. The van der Waals surface area contributed by atoms with E-state index in [1.165, 1.54) is 25.9 Å². The van der Waals surface area contributed by atoms with Crippen LogP contribution in [0.15, 0.2) is 0 Å². The van der Waals surface area contributed by atoms with E-state index in [0.29, 0.717) is 0 Å². The van der Waals surface area contributed by atoms with Gasteiger partial charge in [0.1, 0.15) is 0 Å². The fourth-order valence-electron chi connectivity index (χ4n) is 2.99. The van der Waals surface area contributed by atoms with Crippen LogP contribution in [0.2, 0.25) is 0 Å². The summed E-state index contributed by atoms with van der Waals surface area (Å²) in [6.45, 7) is 14.2. The van der Waals surface area contributed by atoms with Gasteiger partial charge in [0, 0.05) is 38.3 Å². The van der Waals surface area contributed by atoms with Gasteiger partial charge in [-0.1, -0.05) is 13.8 Å². The Morgan fingerprint density at radius 1 is 1.00 bits per heavy atom. The number of hydrogen-bond donors (Lipinski definition) is 1. The molecule has 0 atom stereocenters. The lowest BCUT2D eigenvalue weighted by Crippen LogP contribution is -2.56. The Bertz CT molecular complexity index is 293. The van der Waals surface area contributed by atoms with Crippen LogP contribution in [-0.4, -0.2) is 79.1 Å². The summed E-state index contributed by atoms with van der Waals surface area (Å²) >= 11 is 0. The van der Waals surface area contributed by atoms with E-state index in [-0.39, 0.29) is 12.1 Å². The number of piperazine rings is 1. The van der Waals surface area contributed by atoms with Crippen LogP contribution in [0.5, 0.6) is 0 Å². The van der Waals surface area contributed by atoms with E-state index < -0.39 is 0 Å². The highest BCUT2D eigenvalue weighted by Crippen LogP contribution is 2.17. The molecule has 2 aliphatic heterocycles. The van der Waals surface area contributed by atoms with Crippen molar-refractivity contribution in [3.63, 3.8) is 0 Å². The standard InChI is InChI=1S/C14H28N4O.C2H6/c1-12(2)15-14(19)18-10-8-17(9-11-18)13-4-6-16(3)7-5-13;1-2/h12-13H,4-11H2,1-3H3,(H,15,19);1-2H3. The maximum atomic E-state index is 11.9. The number of carbonyl (C=O) groups is 1. The third kappa shape index (κ3) is 5.83. The Kier molecular flexibility index (Phi) is 8.04. The van der Waals surface area contributed by atoms with Gasteiger partial charge in [0.05, 0.1) is 0 Å². The van der Waals surface area contributed by atoms with Crippen molar-refractivity contribution in [1.82, 2.24) is 20.0 Å². The van der Waals surface area contributed by atoms with Crippen LogP contribution in [0, 0.1) is 0 Å². The Hall–Kier alpha value is -0.810. The number of nitrogens with one attached hydrogen (secondary N) is 1. The highest BCUT2D eigenvalue weighted by atomic mass is 16.2. The van der Waals surface area contributed by atoms with E-state index >= 15 is 0 Å². The molecule has 2 aliphatic rings. The normalized spacial score (nSPS) is 21.9. The monoisotopic (exact) mass is 298 g/mol. The van der Waals surface area contributed by atoms with Crippen molar-refractivity contribution < 1.29 is 4.79 Å². The highest BCUT2D eigenvalue weighted by Gasteiger charge is 2.28. The van der Waals surface area contributed by atoms with Gasteiger partial charge in [-0.15, -0.1) is 0 Å². The van der Waals surface area contributed by atoms with Crippen LogP contribution < -0.4 is 5.32 Å². The van der Waals surface area contributed by atoms with Gasteiger partial charge in [0.2, 0.25) is 0 Å². The zero-order chi connectivity index (χ0) is 15.8. The molecule has 0 unspecified atom stereocenters. The minimum Gasteiger partial charge on any atom is -0.336 e. The SMILES string of the molecule is CC.CC(C)NC(=O)N1CCN(C2CCN(C)CC2)CC1. The van der Waals surface area contributed by atoms with Gasteiger partial charge in [-0.25, -0.2) is 4.79 Å². The molecule has 2 rings (SSSR count). The average Bonchev–Trinajstić information content (AvgIpc) is 2.49. The van der Waals surface area contributed by atoms with Gasteiger partial charge in [-0.05, 0) is 46.8 Å². The molecule has 0 aromatic rings. The fourth-order valence-corrected chi connectivity index (χ4v) is 2.99. The molecule has 2 fully saturated rings. The Morgan fingerprint density at radius 3 is 2.00 bits per heavy atom. The number of rotatable bonds is 2. The number of amides is 2. The summed E-state index contributed by atoms with van der Waals surface area (Å²) in [7, 11) is 2.20. The number of carbonyl (C=O) groups excluding carboxylic acids is 1. The van der Waals surface area contributed by atoms with E-state index in [4.69, 9.17) is 0 Å². The molecule has 0 bridgehead atoms. The lowest BCUT2D eigenvalue weighted by Gasteiger charge is -2.42. The van der Waals surface area contributed by atoms with Crippen LogP contribution in [0.3, 0.4) is 0 Å². The van der Waals surface area contributed by atoms with Crippen molar-refractivity contribution in [1.29, 1.82) is 0 Å². The van der Waals surface area contributed by atoms with Crippen LogP contribution >= 0.6 is 0 Å². The number of piperidine rings is 1. The van der Waals surface area contributed by atoms with Crippen LogP contribution in [0.4, 0.5) is 4.79 Å². The number of likely N-dealkylation sites (tertiary alicyclic amines) is 1. The molecule has 124 valence electrons. The Balaban J connectivity index is 0.00000106. The second-order valence-electron chi connectivity index (χ2n) is 6.16. The van der Waals surface area contributed by atoms with Gasteiger partial charge in [-0.3, -0.25) is 4.90 Å². The van der Waals surface area contributed by atoms with E-state index in [2.05, 4.69) is 22.2 Å². The fraction of sp³-hybridized carbons (Fsp3) is 0.938. The molecule has 0 aromatic heterocycles. The van der Waals surface area contributed by atoms with Crippen molar-refractivity contribution in [3.05, 3.63) is 0 Å². The van der Waals surface area contributed by atoms with E-state index in [1.807, 2.05) is 32.6 Å². The number of nitrogens with zero attached hydrogens (tertiary/aromatic N) is 3. The minimum absolute atomic E-state index is 0.0954. The molecule has 2 amide bonds. The van der Waals surface area contributed by atoms with Crippen LogP contribution in [-0.2, 0) is 0 Å². The molecule has 2 saturated heterocycles. The number of urea groups is 1. The molecular weight excluding hydrogens is 264 g/mol. The molecule has 2 heterocycles. The quantitative estimate of drug-likeness (QED) is 0.845. The number of hydrogen-bond acceptors (Lipinski definition) is 3. The Morgan fingerprint density at radius 2 is 1.52 bits per heavy atom. The molecule has 0 saturated carbocycles. The van der Waals surface area contributed by atoms with E-state index in [1.54, 1.807) is 0 Å². The van der Waals surface area contributed by atoms with Crippen LogP contribution in [0.1, 0.15) is 40.5 Å². The van der Waals surface area contributed by atoms with Crippen molar-refractivity contribution in [3.8, 4) is 0 Å². The molecule has 0 aliphatic carbocycles. The molecular formula is C16H34N4O. The molecule has 5 heteroatoms. The third-order valence-electron chi connectivity index (χ3n) is 4.22. The molecule has 0 aromatic carbocycles. The summed E-state index contributed by atoms with van der Waals surface area (Å²) in [6, 6.07) is 1.05. The highest BCUT2D eigenvalue weighted by molar-refractivity contribution is 5.74. The first kappa shape index (κ1) is 18.2. The first-order chi connectivity index (χ1) is 10.1. The largest absolute Gasteiger partial charge is 0.336 e. The van der Waals surface area contributed by atoms with E-state index in [9.17, 15) is 4.79 Å². The topological polar surface area (TPSA) is 38.8 Å². The smallest absolute Gasteiger partial charge is 0.317 e. The third-order valence-corrected chi connectivity index (χ3v) is 4.22. The molecule has 5 nitrogen and oxygen atoms in total. The molecule has 0 spiro atoms. The maximum Gasteiger partial charge on any atom is 0.317 e. The van der Waals surface area contributed by atoms with Gasteiger partial charge in [0.15, 0.2) is 0 Å². The van der Waals surface area contributed by atoms with Crippen molar-refractivity contribution in [2.24, 2.45) is 0 Å². The minimum atomic E-state index is 0.0954. The predicted octanol–water partition coefficient (Wildman–Crippen LogP) is 1.84. The van der Waals surface area contributed by atoms with Gasteiger partial charge >= 0.3 is 6.03 Å². The summed E-state index contributed by atoms with van der Waals surface area (Å²) in [6.07, 6.45) is 2.55. The van der Waals surface area contributed by atoms with Gasteiger partial charge < -0.3 is 15.1 Å². The lowest BCUT2D eigenvalue weighted by atomic mass is 10.0. The summed E-state index contributed by atoms with van der Waals surface area (Å²) in [5.74, 6) is 0. The summed E-state index contributed by atoms with van der Waals surface area (Å²) in [4.78, 5) is 18.9. The Labute approximate surface area is 130 Å². The maximum absolute atomic E-state index is 11.9. The molecule has 21 heavy (non-hydrogen) atoms. The first-order valence-corrected chi connectivity index (χ1v) is 8.54. The second kappa shape index (κ2) is 9.26. The summed E-state index contributed by atoms with van der Waals surface area (Å²) < 4.78 is 0. The zero-order valence-electron chi connectivity index (χ0n) is 14.6. The van der Waals surface area contributed by atoms with Crippen molar-refractivity contribution in [2.75, 3.05) is 46.3 Å². The van der Waals surface area contributed by atoms with Crippen molar-refractivity contribution in [2.45, 2.75) is 52.6 Å². The zero-order valence-corrected chi connectivity index (χ0v) is 14.6. The first-order valence-electron chi connectivity index (χ1n) is 8.54. The van der Waals surface area contributed by atoms with Gasteiger partial charge in [0.25, 0.3) is 0 Å². The predicted molar refractivity (Wildman–Crippen MR) is 88.7 cm³/mol. The van der Waals surface area contributed by atoms with Crippen molar-refractivity contribution >= 4 is 6.03 Å². The van der Waals surface area contributed by atoms with Gasteiger partial charge in [-0.2, -0.15) is 0 Å².